The molecule has 17 heavy (non-hydrogen) atoms. The zero-order valence-corrected chi connectivity index (χ0v) is 10.8. The number of para-hydroxylation sites is 1. The second-order valence-electron chi connectivity index (χ2n) is 4.15. The zero-order valence-electron chi connectivity index (χ0n) is 10.8. The lowest BCUT2D eigenvalue weighted by Gasteiger charge is -2.18. The molecular weight excluding hydrogens is 214 g/mol. The lowest BCUT2D eigenvalue weighted by atomic mass is 10.3. The summed E-state index contributed by atoms with van der Waals surface area (Å²) >= 11 is 0. The van der Waals surface area contributed by atoms with Gasteiger partial charge in [-0.2, -0.15) is 0 Å². The number of benzene rings is 1. The number of nitrogens with zero attached hydrogens (tertiary/aromatic N) is 2. The molecule has 0 saturated heterocycles. The van der Waals surface area contributed by atoms with Crippen LogP contribution >= 0.6 is 0 Å². The summed E-state index contributed by atoms with van der Waals surface area (Å²) in [7, 11) is 1.91. The van der Waals surface area contributed by atoms with Gasteiger partial charge in [-0.3, -0.25) is 0 Å². The van der Waals surface area contributed by atoms with E-state index in [1.54, 1.807) is 0 Å². The summed E-state index contributed by atoms with van der Waals surface area (Å²) in [4.78, 5) is 6.21. The van der Waals surface area contributed by atoms with Crippen molar-refractivity contribution in [3.05, 3.63) is 30.3 Å². The third-order valence-electron chi connectivity index (χ3n) is 2.27. The molecule has 0 aliphatic heterocycles. The average molecular weight is 235 g/mol. The van der Waals surface area contributed by atoms with E-state index in [0.29, 0.717) is 12.6 Å². The van der Waals surface area contributed by atoms with Crippen LogP contribution in [0.4, 0.5) is 5.69 Å². The van der Waals surface area contributed by atoms with Crippen LogP contribution in [-0.4, -0.2) is 37.2 Å². The van der Waals surface area contributed by atoms with E-state index in [1.165, 1.54) is 0 Å². The number of guanidine groups is 1. The van der Waals surface area contributed by atoms with Crippen molar-refractivity contribution in [2.45, 2.75) is 20.0 Å². The fraction of sp³-hybridized carbons (Fsp3) is 0.462. The van der Waals surface area contributed by atoms with Gasteiger partial charge in [0.2, 0.25) is 0 Å². The second-order valence-corrected chi connectivity index (χ2v) is 4.15. The van der Waals surface area contributed by atoms with Crippen molar-refractivity contribution in [1.29, 1.82) is 0 Å². The molecule has 0 saturated carbocycles. The molecule has 0 aromatic heterocycles. The monoisotopic (exact) mass is 235 g/mol. The highest BCUT2D eigenvalue weighted by molar-refractivity contribution is 5.80. The first-order chi connectivity index (χ1) is 8.09. The molecule has 4 nitrogen and oxygen atoms in total. The van der Waals surface area contributed by atoms with Crippen molar-refractivity contribution in [2.24, 2.45) is 10.7 Å². The number of hydrogen-bond acceptors (Lipinski definition) is 2. The molecule has 0 unspecified atom stereocenters. The van der Waals surface area contributed by atoms with Gasteiger partial charge >= 0.3 is 0 Å². The second kappa shape index (κ2) is 6.91. The number of rotatable bonds is 5. The van der Waals surface area contributed by atoms with E-state index in [-0.39, 0.29) is 6.10 Å². The largest absolute Gasteiger partial charge is 0.377 e. The summed E-state index contributed by atoms with van der Waals surface area (Å²) in [5.74, 6) is 0.503. The standard InChI is InChI=1S/C13H21N3O/c1-11(2)17-10-9-16(3)13(14)15-12-7-5-4-6-8-12/h4-8,11H,9-10H2,1-3H3,(H2,14,15). The molecule has 0 aliphatic carbocycles. The normalized spacial score (nSPS) is 11.9. The molecular formula is C13H21N3O. The van der Waals surface area contributed by atoms with E-state index in [2.05, 4.69) is 4.99 Å². The van der Waals surface area contributed by atoms with Gasteiger partial charge in [0.15, 0.2) is 5.96 Å². The SMILES string of the molecule is CC(C)OCCN(C)C(N)=Nc1ccccc1. The zero-order chi connectivity index (χ0) is 12.7. The molecule has 0 fully saturated rings. The molecule has 4 heteroatoms. The predicted octanol–water partition coefficient (Wildman–Crippen LogP) is 1.99. The molecule has 94 valence electrons. The van der Waals surface area contributed by atoms with E-state index in [4.69, 9.17) is 10.5 Å². The van der Waals surface area contributed by atoms with E-state index in [9.17, 15) is 0 Å². The topological polar surface area (TPSA) is 50.9 Å². The Kier molecular flexibility index (Phi) is 5.49. The molecule has 0 heterocycles. The van der Waals surface area contributed by atoms with Crippen LogP contribution in [0.25, 0.3) is 0 Å². The highest BCUT2D eigenvalue weighted by Gasteiger charge is 2.02. The Morgan fingerprint density at radius 1 is 1.35 bits per heavy atom. The number of likely N-dealkylation sites (N-methyl/N-ethyl adjacent to an activating group) is 1. The van der Waals surface area contributed by atoms with Gasteiger partial charge in [-0.15, -0.1) is 0 Å². The third kappa shape index (κ3) is 5.36. The van der Waals surface area contributed by atoms with Crippen LogP contribution in [0.2, 0.25) is 0 Å². The molecule has 2 N–H and O–H groups in total. The van der Waals surface area contributed by atoms with Gasteiger partial charge in [-0.25, -0.2) is 4.99 Å². The van der Waals surface area contributed by atoms with E-state index in [0.717, 1.165) is 12.2 Å². The van der Waals surface area contributed by atoms with Crippen LogP contribution in [-0.2, 0) is 4.74 Å². The smallest absolute Gasteiger partial charge is 0.196 e. The summed E-state index contributed by atoms with van der Waals surface area (Å²) in [6, 6.07) is 9.67. The van der Waals surface area contributed by atoms with Crippen LogP contribution < -0.4 is 5.73 Å². The molecule has 1 aromatic rings. The van der Waals surface area contributed by atoms with Crippen molar-refractivity contribution in [3.63, 3.8) is 0 Å². The lowest BCUT2D eigenvalue weighted by molar-refractivity contribution is 0.0724. The maximum atomic E-state index is 5.89. The molecule has 0 spiro atoms. The van der Waals surface area contributed by atoms with Crippen molar-refractivity contribution in [2.75, 3.05) is 20.2 Å². The maximum Gasteiger partial charge on any atom is 0.196 e. The molecule has 0 radical (unpaired) electrons. The van der Waals surface area contributed by atoms with E-state index < -0.39 is 0 Å². The van der Waals surface area contributed by atoms with Gasteiger partial charge in [0.25, 0.3) is 0 Å². The Labute approximate surface area is 103 Å². The number of aliphatic imine (C=N–C) groups is 1. The van der Waals surface area contributed by atoms with Gasteiger partial charge < -0.3 is 15.4 Å². The lowest BCUT2D eigenvalue weighted by Crippen LogP contribution is -2.36. The number of nitrogens with two attached hydrogens (primary N) is 1. The first-order valence-corrected chi connectivity index (χ1v) is 5.81. The first-order valence-electron chi connectivity index (χ1n) is 5.81. The van der Waals surface area contributed by atoms with Crippen molar-refractivity contribution in [1.82, 2.24) is 4.90 Å². The Bertz CT molecular complexity index is 349. The number of hydrogen-bond donors (Lipinski definition) is 1. The highest BCUT2D eigenvalue weighted by Crippen LogP contribution is 2.09. The predicted molar refractivity (Wildman–Crippen MR) is 71.4 cm³/mol. The van der Waals surface area contributed by atoms with Crippen LogP contribution in [0.3, 0.4) is 0 Å². The molecule has 0 amide bonds. The molecule has 0 bridgehead atoms. The highest BCUT2D eigenvalue weighted by atomic mass is 16.5. The molecule has 0 atom stereocenters. The Morgan fingerprint density at radius 3 is 2.59 bits per heavy atom. The van der Waals surface area contributed by atoms with Crippen molar-refractivity contribution in [3.8, 4) is 0 Å². The minimum absolute atomic E-state index is 0.246. The molecule has 1 aromatic carbocycles. The third-order valence-corrected chi connectivity index (χ3v) is 2.27. The van der Waals surface area contributed by atoms with Crippen molar-refractivity contribution < 1.29 is 4.74 Å². The summed E-state index contributed by atoms with van der Waals surface area (Å²) in [6.07, 6.45) is 0.246. The number of ether oxygens (including phenoxy) is 1. The summed E-state index contributed by atoms with van der Waals surface area (Å²) in [5, 5.41) is 0. The van der Waals surface area contributed by atoms with Gasteiger partial charge in [0, 0.05) is 13.6 Å². The van der Waals surface area contributed by atoms with Crippen LogP contribution in [0.5, 0.6) is 0 Å². The van der Waals surface area contributed by atoms with E-state index >= 15 is 0 Å². The molecule has 0 aliphatic rings. The quantitative estimate of drug-likeness (QED) is 0.627. The van der Waals surface area contributed by atoms with Crippen LogP contribution in [0.1, 0.15) is 13.8 Å². The Morgan fingerprint density at radius 2 is 2.00 bits per heavy atom. The molecule has 1 rings (SSSR count). The van der Waals surface area contributed by atoms with Crippen LogP contribution in [0, 0.1) is 0 Å². The first kappa shape index (κ1) is 13.5. The van der Waals surface area contributed by atoms with Gasteiger partial charge in [0.1, 0.15) is 0 Å². The Balaban J connectivity index is 2.46. The van der Waals surface area contributed by atoms with Gasteiger partial charge in [-0.05, 0) is 26.0 Å². The summed E-state index contributed by atoms with van der Waals surface area (Å²) in [6.45, 7) is 5.42. The minimum Gasteiger partial charge on any atom is -0.377 e. The fourth-order valence-corrected chi connectivity index (χ4v) is 1.26. The summed E-state index contributed by atoms with van der Waals surface area (Å²) < 4.78 is 5.46. The van der Waals surface area contributed by atoms with E-state index in [1.807, 2.05) is 56.1 Å². The fourth-order valence-electron chi connectivity index (χ4n) is 1.26. The van der Waals surface area contributed by atoms with Gasteiger partial charge in [-0.1, -0.05) is 18.2 Å². The average Bonchev–Trinajstić information content (AvgIpc) is 2.29. The minimum atomic E-state index is 0.246. The maximum absolute atomic E-state index is 5.89. The van der Waals surface area contributed by atoms with Crippen LogP contribution in [0.15, 0.2) is 35.3 Å². The Hall–Kier alpha value is -1.55. The van der Waals surface area contributed by atoms with Gasteiger partial charge in [0.05, 0.1) is 18.4 Å². The summed E-state index contributed by atoms with van der Waals surface area (Å²) in [5.41, 5.74) is 6.75. The van der Waals surface area contributed by atoms with Crippen molar-refractivity contribution >= 4 is 11.6 Å².